The summed E-state index contributed by atoms with van der Waals surface area (Å²) in [4.78, 5) is 22.0. The van der Waals surface area contributed by atoms with Crippen LogP contribution >= 0.6 is 0 Å². The first kappa shape index (κ1) is 14.9. The maximum atomic E-state index is 11.4. The highest BCUT2D eigenvalue weighted by molar-refractivity contribution is 5.96. The van der Waals surface area contributed by atoms with Crippen molar-refractivity contribution in [2.24, 2.45) is 5.92 Å². The predicted octanol–water partition coefficient (Wildman–Crippen LogP) is 2.18. The van der Waals surface area contributed by atoms with Crippen molar-refractivity contribution in [1.82, 2.24) is 5.32 Å². The number of carboxylic acids is 1. The Morgan fingerprint density at radius 1 is 1.19 bits per heavy atom. The first-order valence-electron chi connectivity index (χ1n) is 6.02. The Hall–Kier alpha value is -1.06. The van der Waals surface area contributed by atoms with Crippen LogP contribution in [0.5, 0.6) is 0 Å². The van der Waals surface area contributed by atoms with E-state index in [1.807, 2.05) is 6.92 Å². The van der Waals surface area contributed by atoms with Crippen molar-refractivity contribution in [2.45, 2.75) is 58.9 Å². The molecular formula is C12H23NO3. The quantitative estimate of drug-likeness (QED) is 0.495. The third-order valence-corrected chi connectivity index (χ3v) is 2.64. The average Bonchev–Trinajstić information content (AvgIpc) is 2.23. The third kappa shape index (κ3) is 6.43. The zero-order valence-corrected chi connectivity index (χ0v) is 10.5. The van der Waals surface area contributed by atoms with Crippen molar-refractivity contribution in [3.8, 4) is 0 Å². The molecule has 0 radical (unpaired) electrons. The van der Waals surface area contributed by atoms with Gasteiger partial charge in [0.05, 0.1) is 0 Å². The van der Waals surface area contributed by atoms with Gasteiger partial charge >= 0.3 is 5.97 Å². The van der Waals surface area contributed by atoms with Gasteiger partial charge in [0.2, 0.25) is 5.91 Å². The summed E-state index contributed by atoms with van der Waals surface area (Å²) in [6, 6.07) is 0.0613. The van der Waals surface area contributed by atoms with Crippen molar-refractivity contribution in [3.63, 3.8) is 0 Å². The molecule has 0 saturated carbocycles. The Kier molecular flexibility index (Phi) is 7.60. The summed E-state index contributed by atoms with van der Waals surface area (Å²) in [5.41, 5.74) is 0. The number of amides is 1. The van der Waals surface area contributed by atoms with Gasteiger partial charge in [-0.05, 0) is 20.3 Å². The summed E-state index contributed by atoms with van der Waals surface area (Å²) in [5.74, 6) is -2.43. The molecule has 0 fully saturated rings. The van der Waals surface area contributed by atoms with E-state index in [0.717, 1.165) is 12.8 Å². The fourth-order valence-corrected chi connectivity index (χ4v) is 1.43. The van der Waals surface area contributed by atoms with Crippen molar-refractivity contribution in [1.29, 1.82) is 0 Å². The van der Waals surface area contributed by atoms with Gasteiger partial charge < -0.3 is 10.4 Å². The maximum absolute atomic E-state index is 11.4. The molecule has 0 aliphatic heterocycles. The molecule has 2 atom stereocenters. The molecule has 0 heterocycles. The Morgan fingerprint density at radius 3 is 2.31 bits per heavy atom. The van der Waals surface area contributed by atoms with Gasteiger partial charge in [0, 0.05) is 6.04 Å². The van der Waals surface area contributed by atoms with E-state index in [1.54, 1.807) is 0 Å². The Morgan fingerprint density at radius 2 is 1.81 bits per heavy atom. The molecular weight excluding hydrogens is 206 g/mol. The summed E-state index contributed by atoms with van der Waals surface area (Å²) >= 11 is 0. The molecule has 0 saturated heterocycles. The maximum Gasteiger partial charge on any atom is 0.315 e. The van der Waals surface area contributed by atoms with Crippen molar-refractivity contribution in [3.05, 3.63) is 0 Å². The standard InChI is InChI=1S/C12H23NO3/c1-4-5-6-7-8-9(2)13-11(14)10(3)12(15)16/h9-10H,4-8H2,1-3H3,(H,13,14)(H,15,16). The Labute approximate surface area is 97.4 Å². The van der Waals surface area contributed by atoms with E-state index in [0.29, 0.717) is 0 Å². The van der Waals surface area contributed by atoms with Crippen LogP contribution < -0.4 is 5.32 Å². The zero-order chi connectivity index (χ0) is 12.6. The highest BCUT2D eigenvalue weighted by atomic mass is 16.4. The van der Waals surface area contributed by atoms with E-state index >= 15 is 0 Å². The van der Waals surface area contributed by atoms with Crippen molar-refractivity contribution in [2.75, 3.05) is 0 Å². The van der Waals surface area contributed by atoms with Gasteiger partial charge in [0.1, 0.15) is 5.92 Å². The number of nitrogens with one attached hydrogen (secondary N) is 1. The minimum atomic E-state index is -1.07. The Balaban J connectivity index is 3.74. The van der Waals surface area contributed by atoms with Crippen LogP contribution in [0.1, 0.15) is 52.9 Å². The predicted molar refractivity (Wildman–Crippen MR) is 63.2 cm³/mol. The fraction of sp³-hybridized carbons (Fsp3) is 0.833. The lowest BCUT2D eigenvalue weighted by molar-refractivity contribution is -0.146. The molecule has 0 rings (SSSR count). The first-order valence-corrected chi connectivity index (χ1v) is 6.02. The number of unbranched alkanes of at least 4 members (excludes halogenated alkanes) is 3. The van der Waals surface area contributed by atoms with Crippen LogP contribution in [0.15, 0.2) is 0 Å². The fourth-order valence-electron chi connectivity index (χ4n) is 1.43. The molecule has 0 aliphatic rings. The number of carboxylic acid groups (broad SMARTS) is 1. The molecule has 0 spiro atoms. The van der Waals surface area contributed by atoms with Crippen LogP contribution in [0.25, 0.3) is 0 Å². The van der Waals surface area contributed by atoms with E-state index in [2.05, 4.69) is 12.2 Å². The van der Waals surface area contributed by atoms with Gasteiger partial charge in [-0.15, -0.1) is 0 Å². The summed E-state index contributed by atoms with van der Waals surface area (Å²) in [6.07, 6.45) is 5.57. The molecule has 2 unspecified atom stereocenters. The second-order valence-corrected chi connectivity index (χ2v) is 4.32. The second kappa shape index (κ2) is 8.13. The van der Waals surface area contributed by atoms with E-state index in [1.165, 1.54) is 26.2 Å². The highest BCUT2D eigenvalue weighted by Gasteiger charge is 2.21. The van der Waals surface area contributed by atoms with Crippen LogP contribution in [0.2, 0.25) is 0 Å². The molecule has 2 N–H and O–H groups in total. The van der Waals surface area contributed by atoms with E-state index < -0.39 is 17.8 Å². The largest absolute Gasteiger partial charge is 0.481 e. The van der Waals surface area contributed by atoms with E-state index in [-0.39, 0.29) is 6.04 Å². The molecule has 0 aliphatic carbocycles. The van der Waals surface area contributed by atoms with Gasteiger partial charge in [-0.1, -0.05) is 32.6 Å². The van der Waals surface area contributed by atoms with Crippen LogP contribution in [-0.4, -0.2) is 23.0 Å². The third-order valence-electron chi connectivity index (χ3n) is 2.64. The van der Waals surface area contributed by atoms with Crippen LogP contribution in [-0.2, 0) is 9.59 Å². The van der Waals surface area contributed by atoms with E-state index in [4.69, 9.17) is 5.11 Å². The topological polar surface area (TPSA) is 66.4 Å². The summed E-state index contributed by atoms with van der Waals surface area (Å²) < 4.78 is 0. The zero-order valence-electron chi connectivity index (χ0n) is 10.5. The van der Waals surface area contributed by atoms with Gasteiger partial charge in [-0.2, -0.15) is 0 Å². The number of hydrogen-bond acceptors (Lipinski definition) is 2. The minimum absolute atomic E-state index is 0.0613. The van der Waals surface area contributed by atoms with Crippen molar-refractivity contribution < 1.29 is 14.7 Å². The first-order chi connectivity index (χ1) is 7.49. The lowest BCUT2D eigenvalue weighted by Gasteiger charge is -2.15. The SMILES string of the molecule is CCCCCCC(C)NC(=O)C(C)C(=O)O. The monoisotopic (exact) mass is 229 g/mol. The molecule has 0 aromatic rings. The minimum Gasteiger partial charge on any atom is -0.481 e. The summed E-state index contributed by atoms with van der Waals surface area (Å²) in [7, 11) is 0. The molecule has 16 heavy (non-hydrogen) atoms. The molecule has 0 aromatic carbocycles. The highest BCUT2D eigenvalue weighted by Crippen LogP contribution is 2.06. The smallest absolute Gasteiger partial charge is 0.315 e. The van der Waals surface area contributed by atoms with Crippen molar-refractivity contribution >= 4 is 11.9 Å². The molecule has 0 bridgehead atoms. The van der Waals surface area contributed by atoms with Gasteiger partial charge in [-0.3, -0.25) is 9.59 Å². The lowest BCUT2D eigenvalue weighted by atomic mass is 10.1. The second-order valence-electron chi connectivity index (χ2n) is 4.32. The number of carbonyl (C=O) groups is 2. The number of carbonyl (C=O) groups excluding carboxylic acids is 1. The molecule has 4 heteroatoms. The number of aliphatic carboxylic acids is 1. The van der Waals surface area contributed by atoms with Gasteiger partial charge in [0.15, 0.2) is 0 Å². The Bertz CT molecular complexity index is 228. The van der Waals surface area contributed by atoms with Gasteiger partial charge in [-0.25, -0.2) is 0 Å². The molecule has 0 aromatic heterocycles. The number of rotatable bonds is 8. The van der Waals surface area contributed by atoms with E-state index in [9.17, 15) is 9.59 Å². The number of hydrogen-bond donors (Lipinski definition) is 2. The summed E-state index contributed by atoms with van der Waals surface area (Å²) in [6.45, 7) is 5.47. The normalized spacial score (nSPS) is 14.2. The lowest BCUT2D eigenvalue weighted by Crippen LogP contribution is -2.39. The molecule has 94 valence electrons. The van der Waals surface area contributed by atoms with Crippen LogP contribution in [0.4, 0.5) is 0 Å². The molecule has 4 nitrogen and oxygen atoms in total. The average molecular weight is 229 g/mol. The van der Waals surface area contributed by atoms with Gasteiger partial charge in [0.25, 0.3) is 0 Å². The van der Waals surface area contributed by atoms with Crippen LogP contribution in [0, 0.1) is 5.92 Å². The van der Waals surface area contributed by atoms with Crippen LogP contribution in [0.3, 0.4) is 0 Å². The summed E-state index contributed by atoms with van der Waals surface area (Å²) in [5, 5.41) is 11.4. The molecule has 1 amide bonds.